The lowest BCUT2D eigenvalue weighted by Crippen LogP contribution is -1.98. The lowest BCUT2D eigenvalue weighted by molar-refractivity contribution is 0.301. The minimum Gasteiger partial charge on any atom is -0.487 e. The molecule has 0 saturated heterocycles. The number of ether oxygens (including phenoxy) is 1. The SMILES string of the molecule is CCCCc1ccc(OCc2cccc(Cl)n2)cc1. The molecule has 0 aliphatic rings. The van der Waals surface area contributed by atoms with Crippen LogP contribution in [0, 0.1) is 0 Å². The van der Waals surface area contributed by atoms with Crippen LogP contribution < -0.4 is 4.74 Å². The van der Waals surface area contributed by atoms with Crippen molar-refractivity contribution in [3.05, 3.63) is 58.9 Å². The van der Waals surface area contributed by atoms with Gasteiger partial charge in [-0.1, -0.05) is 43.1 Å². The molecule has 0 fully saturated rings. The summed E-state index contributed by atoms with van der Waals surface area (Å²) in [5, 5.41) is 0.496. The predicted octanol–water partition coefficient (Wildman–Crippen LogP) is 4.66. The zero-order chi connectivity index (χ0) is 13.5. The van der Waals surface area contributed by atoms with Gasteiger partial charge in [-0.25, -0.2) is 4.98 Å². The van der Waals surface area contributed by atoms with Gasteiger partial charge in [0, 0.05) is 0 Å². The highest BCUT2D eigenvalue weighted by molar-refractivity contribution is 6.29. The second-order valence-corrected chi connectivity index (χ2v) is 4.88. The summed E-state index contributed by atoms with van der Waals surface area (Å²) in [5.74, 6) is 0.863. The maximum atomic E-state index is 5.83. The smallest absolute Gasteiger partial charge is 0.130 e. The van der Waals surface area contributed by atoms with Gasteiger partial charge < -0.3 is 4.74 Å². The van der Waals surface area contributed by atoms with Crippen LogP contribution in [0.4, 0.5) is 0 Å². The number of rotatable bonds is 6. The number of aromatic nitrogens is 1. The van der Waals surface area contributed by atoms with E-state index >= 15 is 0 Å². The molecule has 0 radical (unpaired) electrons. The molecule has 0 unspecified atom stereocenters. The molecule has 0 spiro atoms. The van der Waals surface area contributed by atoms with Crippen LogP contribution in [0.1, 0.15) is 31.0 Å². The Morgan fingerprint density at radius 3 is 2.58 bits per heavy atom. The second-order valence-electron chi connectivity index (χ2n) is 4.49. The largest absolute Gasteiger partial charge is 0.487 e. The van der Waals surface area contributed by atoms with Crippen molar-refractivity contribution in [2.24, 2.45) is 0 Å². The van der Waals surface area contributed by atoms with E-state index in [9.17, 15) is 0 Å². The topological polar surface area (TPSA) is 22.1 Å². The normalized spacial score (nSPS) is 10.4. The molecule has 2 rings (SSSR count). The molecule has 3 heteroatoms. The Labute approximate surface area is 119 Å². The zero-order valence-corrected chi connectivity index (χ0v) is 11.9. The van der Waals surface area contributed by atoms with E-state index in [0.717, 1.165) is 17.9 Å². The van der Waals surface area contributed by atoms with Gasteiger partial charge in [0.1, 0.15) is 17.5 Å². The summed E-state index contributed by atoms with van der Waals surface area (Å²) >= 11 is 5.83. The Balaban J connectivity index is 1.89. The first-order valence-corrected chi connectivity index (χ1v) is 6.99. The number of benzene rings is 1. The summed E-state index contributed by atoms with van der Waals surface area (Å²) in [6.07, 6.45) is 3.58. The molecule has 0 N–H and O–H groups in total. The summed E-state index contributed by atoms with van der Waals surface area (Å²) in [6, 6.07) is 13.8. The maximum absolute atomic E-state index is 5.83. The van der Waals surface area contributed by atoms with E-state index in [1.165, 1.54) is 18.4 Å². The standard InChI is InChI=1S/C16H18ClNO/c1-2-3-5-13-8-10-15(11-9-13)19-12-14-6-4-7-16(17)18-14/h4,6-11H,2-3,5,12H2,1H3. The number of nitrogens with zero attached hydrogens (tertiary/aromatic N) is 1. The summed E-state index contributed by atoms with van der Waals surface area (Å²) in [4.78, 5) is 4.19. The highest BCUT2D eigenvalue weighted by Crippen LogP contribution is 2.15. The van der Waals surface area contributed by atoms with E-state index in [4.69, 9.17) is 16.3 Å². The van der Waals surface area contributed by atoms with Gasteiger partial charge in [-0.05, 0) is 42.7 Å². The van der Waals surface area contributed by atoms with E-state index in [1.54, 1.807) is 6.07 Å². The average molecular weight is 276 g/mol. The molecule has 0 bridgehead atoms. The summed E-state index contributed by atoms with van der Waals surface area (Å²) < 4.78 is 5.69. The predicted molar refractivity (Wildman–Crippen MR) is 78.6 cm³/mol. The molecular weight excluding hydrogens is 258 g/mol. The molecule has 2 nitrogen and oxygen atoms in total. The van der Waals surface area contributed by atoms with Crippen molar-refractivity contribution in [3.8, 4) is 5.75 Å². The third kappa shape index (κ3) is 4.56. The van der Waals surface area contributed by atoms with Crippen molar-refractivity contribution >= 4 is 11.6 Å². The maximum Gasteiger partial charge on any atom is 0.130 e. The third-order valence-corrected chi connectivity index (χ3v) is 3.11. The molecule has 0 aliphatic heterocycles. The molecule has 0 amide bonds. The minimum absolute atomic E-state index is 0.439. The molecule has 100 valence electrons. The first-order valence-electron chi connectivity index (χ1n) is 6.61. The monoisotopic (exact) mass is 275 g/mol. The Morgan fingerprint density at radius 2 is 1.89 bits per heavy atom. The van der Waals surface area contributed by atoms with Crippen molar-refractivity contribution in [2.45, 2.75) is 32.8 Å². The quantitative estimate of drug-likeness (QED) is 0.716. The zero-order valence-electron chi connectivity index (χ0n) is 11.1. The van der Waals surface area contributed by atoms with Crippen LogP contribution in [-0.2, 0) is 13.0 Å². The molecule has 0 atom stereocenters. The van der Waals surface area contributed by atoms with Crippen LogP contribution in [0.25, 0.3) is 0 Å². The number of pyridine rings is 1. The van der Waals surface area contributed by atoms with Crippen molar-refractivity contribution in [2.75, 3.05) is 0 Å². The fourth-order valence-corrected chi connectivity index (χ4v) is 2.00. The Bertz CT molecular complexity index is 510. The highest BCUT2D eigenvalue weighted by Gasteiger charge is 1.99. The van der Waals surface area contributed by atoms with Gasteiger partial charge in [0.05, 0.1) is 5.69 Å². The molecule has 1 heterocycles. The van der Waals surface area contributed by atoms with E-state index in [1.807, 2.05) is 24.3 Å². The van der Waals surface area contributed by atoms with Gasteiger partial charge in [0.25, 0.3) is 0 Å². The fourth-order valence-electron chi connectivity index (χ4n) is 1.82. The molecule has 0 aliphatic carbocycles. The first-order chi connectivity index (χ1) is 9.28. The lowest BCUT2D eigenvalue weighted by Gasteiger charge is -2.07. The van der Waals surface area contributed by atoms with E-state index in [-0.39, 0.29) is 0 Å². The molecule has 1 aromatic carbocycles. The second kappa shape index (κ2) is 7.15. The van der Waals surface area contributed by atoms with Gasteiger partial charge in [0.2, 0.25) is 0 Å². The lowest BCUT2D eigenvalue weighted by atomic mass is 10.1. The fraction of sp³-hybridized carbons (Fsp3) is 0.312. The molecule has 0 saturated carbocycles. The van der Waals surface area contributed by atoms with Crippen molar-refractivity contribution in [3.63, 3.8) is 0 Å². The number of hydrogen-bond acceptors (Lipinski definition) is 2. The summed E-state index contributed by atoms with van der Waals surface area (Å²) in [5.41, 5.74) is 2.19. The van der Waals surface area contributed by atoms with Crippen LogP contribution in [0.3, 0.4) is 0 Å². The van der Waals surface area contributed by atoms with E-state index < -0.39 is 0 Å². The van der Waals surface area contributed by atoms with Crippen molar-refractivity contribution < 1.29 is 4.74 Å². The van der Waals surface area contributed by atoms with Crippen LogP contribution in [-0.4, -0.2) is 4.98 Å². The van der Waals surface area contributed by atoms with Crippen molar-refractivity contribution in [1.82, 2.24) is 4.98 Å². The van der Waals surface area contributed by atoms with Crippen LogP contribution in [0.5, 0.6) is 5.75 Å². The van der Waals surface area contributed by atoms with Crippen molar-refractivity contribution in [1.29, 1.82) is 0 Å². The summed E-state index contributed by atoms with van der Waals surface area (Å²) in [6.45, 7) is 2.64. The number of hydrogen-bond donors (Lipinski definition) is 0. The van der Waals surface area contributed by atoms with Crippen LogP contribution >= 0.6 is 11.6 Å². The average Bonchev–Trinajstić information content (AvgIpc) is 2.44. The number of unbranched alkanes of at least 4 members (excludes halogenated alkanes) is 1. The molecule has 19 heavy (non-hydrogen) atoms. The van der Waals surface area contributed by atoms with Crippen LogP contribution in [0.2, 0.25) is 5.15 Å². The van der Waals surface area contributed by atoms with Gasteiger partial charge >= 0.3 is 0 Å². The highest BCUT2D eigenvalue weighted by atomic mass is 35.5. The minimum atomic E-state index is 0.439. The summed E-state index contributed by atoms with van der Waals surface area (Å²) in [7, 11) is 0. The van der Waals surface area contributed by atoms with Gasteiger partial charge in [-0.15, -0.1) is 0 Å². The Hall–Kier alpha value is -1.54. The Kier molecular flexibility index (Phi) is 5.22. The number of aryl methyl sites for hydroxylation is 1. The van der Waals surface area contributed by atoms with Gasteiger partial charge in [-0.3, -0.25) is 0 Å². The third-order valence-electron chi connectivity index (χ3n) is 2.90. The molecule has 1 aromatic heterocycles. The van der Waals surface area contributed by atoms with Gasteiger partial charge in [0.15, 0.2) is 0 Å². The van der Waals surface area contributed by atoms with E-state index in [2.05, 4.69) is 24.0 Å². The van der Waals surface area contributed by atoms with E-state index in [0.29, 0.717) is 11.8 Å². The molecule has 2 aromatic rings. The Morgan fingerprint density at radius 1 is 1.11 bits per heavy atom. The van der Waals surface area contributed by atoms with Gasteiger partial charge in [-0.2, -0.15) is 0 Å². The first kappa shape index (κ1) is 13.9. The molecular formula is C16H18ClNO. The van der Waals surface area contributed by atoms with Crippen LogP contribution in [0.15, 0.2) is 42.5 Å². The number of halogens is 1.